The van der Waals surface area contributed by atoms with Crippen LogP contribution in [0.1, 0.15) is 97.0 Å². The Bertz CT molecular complexity index is 2110. The maximum atomic E-state index is 13.2. The van der Waals surface area contributed by atoms with E-state index >= 15 is 0 Å². The molecule has 2 saturated heterocycles. The number of benzene rings is 4. The number of piperidine rings is 1. The number of hydrogen-bond acceptors (Lipinski definition) is 7. The standard InChI is InChI=1S/C48H57N5O4/c1-33(2)35-9-13-39(14-10-35)53-24-22-36-31-41(54)16-20-44(36)48(53,4)38-11-17-42(18-12-38)57-29-7-5-6-23-50-25-27-51(28-26-50)40-15-19-43-37(30-40)32-52(47(43)56)45-21-8-34(3)49-46(45)55/h9-20,30-31,33,45,54H,3,5-8,21-29,32H2,1-2,4H3,(H,49,55). The molecule has 0 spiro atoms. The van der Waals surface area contributed by atoms with Gasteiger partial charge in [-0.25, -0.2) is 0 Å². The first kappa shape index (κ1) is 38.6. The molecule has 8 rings (SSSR count). The number of nitrogens with one attached hydrogen (secondary N) is 1. The zero-order chi connectivity index (χ0) is 39.7. The van der Waals surface area contributed by atoms with Gasteiger partial charge in [0.1, 0.15) is 17.5 Å². The van der Waals surface area contributed by atoms with Gasteiger partial charge in [0.25, 0.3) is 5.91 Å². The minimum Gasteiger partial charge on any atom is -0.508 e. The summed E-state index contributed by atoms with van der Waals surface area (Å²) in [5, 5.41) is 13.1. The first-order valence-corrected chi connectivity index (χ1v) is 20.9. The van der Waals surface area contributed by atoms with Crippen molar-refractivity contribution in [3.05, 3.63) is 131 Å². The second kappa shape index (κ2) is 16.3. The Morgan fingerprint density at radius 3 is 2.33 bits per heavy atom. The van der Waals surface area contributed by atoms with Crippen LogP contribution in [0, 0.1) is 0 Å². The molecule has 2 N–H and O–H groups in total. The number of carbonyl (C=O) groups excluding carboxylic acids is 2. The molecule has 9 nitrogen and oxygen atoms in total. The van der Waals surface area contributed by atoms with Crippen molar-refractivity contribution in [2.45, 2.75) is 83.3 Å². The predicted octanol–water partition coefficient (Wildman–Crippen LogP) is 7.96. The number of phenolic OH excluding ortho intramolecular Hbond substituents is 1. The molecule has 4 aromatic rings. The van der Waals surface area contributed by atoms with Gasteiger partial charge >= 0.3 is 0 Å². The lowest BCUT2D eigenvalue weighted by Gasteiger charge is -2.48. The summed E-state index contributed by atoms with van der Waals surface area (Å²) in [6.07, 6.45) is 5.48. The van der Waals surface area contributed by atoms with E-state index in [0.717, 1.165) is 87.6 Å². The Kier molecular flexibility index (Phi) is 11.0. The highest BCUT2D eigenvalue weighted by Gasteiger charge is 2.41. The van der Waals surface area contributed by atoms with Gasteiger partial charge in [0.2, 0.25) is 5.91 Å². The summed E-state index contributed by atoms with van der Waals surface area (Å²) in [5.74, 6) is 1.52. The molecule has 0 saturated carbocycles. The van der Waals surface area contributed by atoms with Crippen LogP contribution in [0.15, 0.2) is 97.2 Å². The van der Waals surface area contributed by atoms with Gasteiger partial charge in [-0.15, -0.1) is 0 Å². The van der Waals surface area contributed by atoms with E-state index in [0.29, 0.717) is 43.2 Å². The fourth-order valence-electron chi connectivity index (χ4n) is 9.35. The Balaban J connectivity index is 0.797. The van der Waals surface area contributed by atoms with E-state index in [1.165, 1.54) is 27.9 Å². The number of allylic oxidation sites excluding steroid dienone is 1. The highest BCUT2D eigenvalue weighted by atomic mass is 16.5. The summed E-state index contributed by atoms with van der Waals surface area (Å²) in [7, 11) is 0. The van der Waals surface area contributed by atoms with E-state index < -0.39 is 11.6 Å². The number of nitrogens with zero attached hydrogens (tertiary/aromatic N) is 4. The number of unbranched alkanes of at least 4 members (excludes halogenated alkanes) is 2. The van der Waals surface area contributed by atoms with E-state index in [-0.39, 0.29) is 11.8 Å². The van der Waals surface area contributed by atoms with Crippen LogP contribution in [-0.2, 0) is 23.3 Å². The SMILES string of the molecule is C=C1CCC(N2Cc3cc(N4CCN(CCCCCOc5ccc(C6(C)c7ccc(O)cc7CCN6c6ccc(C(C)C)cc6)cc5)CC4)ccc3C2=O)C(=O)N1. The number of anilines is 2. The zero-order valence-electron chi connectivity index (χ0n) is 33.8. The molecule has 9 heteroatoms. The molecule has 2 unspecified atom stereocenters. The second-order valence-electron chi connectivity index (χ2n) is 16.7. The number of amides is 2. The van der Waals surface area contributed by atoms with Crippen LogP contribution in [0.4, 0.5) is 11.4 Å². The molecule has 4 aliphatic rings. The number of rotatable bonds is 12. The van der Waals surface area contributed by atoms with Crippen molar-refractivity contribution in [3.8, 4) is 11.5 Å². The molecule has 2 atom stereocenters. The van der Waals surface area contributed by atoms with Crippen molar-refractivity contribution in [3.63, 3.8) is 0 Å². The number of aromatic hydroxyl groups is 1. The first-order valence-electron chi connectivity index (χ1n) is 20.9. The molecule has 298 valence electrons. The molecule has 2 amide bonds. The third-order valence-corrected chi connectivity index (χ3v) is 12.8. The highest BCUT2D eigenvalue weighted by molar-refractivity contribution is 6.01. The van der Waals surface area contributed by atoms with Crippen LogP contribution in [0.25, 0.3) is 0 Å². The lowest BCUT2D eigenvalue weighted by molar-refractivity contribution is -0.126. The smallest absolute Gasteiger partial charge is 0.255 e. The van der Waals surface area contributed by atoms with Crippen LogP contribution in [-0.4, -0.2) is 78.6 Å². The Labute approximate surface area is 337 Å². The molecule has 4 aromatic carbocycles. The van der Waals surface area contributed by atoms with Crippen molar-refractivity contribution < 1.29 is 19.4 Å². The van der Waals surface area contributed by atoms with E-state index in [9.17, 15) is 14.7 Å². The fourth-order valence-corrected chi connectivity index (χ4v) is 9.35. The van der Waals surface area contributed by atoms with Gasteiger partial charge in [0.15, 0.2) is 0 Å². The number of carbonyl (C=O) groups is 2. The molecule has 2 fully saturated rings. The Morgan fingerprint density at radius 2 is 1.60 bits per heavy atom. The van der Waals surface area contributed by atoms with Crippen LogP contribution in [0.3, 0.4) is 0 Å². The Hall–Kier alpha value is -5.28. The second-order valence-corrected chi connectivity index (χ2v) is 16.7. The van der Waals surface area contributed by atoms with Gasteiger partial charge in [0.05, 0.1) is 12.1 Å². The topological polar surface area (TPSA) is 88.6 Å². The molecule has 0 bridgehead atoms. The zero-order valence-corrected chi connectivity index (χ0v) is 33.8. The third-order valence-electron chi connectivity index (χ3n) is 12.8. The first-order chi connectivity index (χ1) is 27.6. The maximum Gasteiger partial charge on any atom is 0.255 e. The molecule has 4 heterocycles. The monoisotopic (exact) mass is 767 g/mol. The quantitative estimate of drug-likeness (QED) is 0.142. The lowest BCUT2D eigenvalue weighted by Crippen LogP contribution is -2.49. The summed E-state index contributed by atoms with van der Waals surface area (Å²) in [6.45, 7) is 17.7. The highest BCUT2D eigenvalue weighted by Crippen LogP contribution is 2.45. The number of phenols is 1. The fraction of sp³-hybridized carbons (Fsp3) is 0.417. The summed E-state index contributed by atoms with van der Waals surface area (Å²) in [4.78, 5) is 35.0. The average Bonchev–Trinajstić information content (AvgIpc) is 3.54. The van der Waals surface area contributed by atoms with Crippen LogP contribution >= 0.6 is 0 Å². The lowest BCUT2D eigenvalue weighted by atomic mass is 9.76. The van der Waals surface area contributed by atoms with Crippen LogP contribution < -0.4 is 19.9 Å². The largest absolute Gasteiger partial charge is 0.508 e. The number of fused-ring (bicyclic) bond motifs is 2. The van der Waals surface area contributed by atoms with Crippen molar-refractivity contribution >= 4 is 23.2 Å². The average molecular weight is 768 g/mol. The summed E-state index contributed by atoms with van der Waals surface area (Å²) < 4.78 is 6.24. The molecule has 4 aliphatic heterocycles. The van der Waals surface area contributed by atoms with Crippen molar-refractivity contribution in [1.29, 1.82) is 0 Å². The molecular formula is C48H57N5O4. The van der Waals surface area contributed by atoms with Crippen LogP contribution in [0.5, 0.6) is 11.5 Å². The minimum atomic E-state index is -0.432. The van der Waals surface area contributed by atoms with E-state index in [1.54, 1.807) is 4.90 Å². The predicted molar refractivity (Wildman–Crippen MR) is 227 cm³/mol. The number of ether oxygens (including phenoxy) is 1. The van der Waals surface area contributed by atoms with Gasteiger partial charge < -0.3 is 29.9 Å². The summed E-state index contributed by atoms with van der Waals surface area (Å²) >= 11 is 0. The third kappa shape index (κ3) is 7.87. The molecular weight excluding hydrogens is 711 g/mol. The number of piperazine rings is 1. The summed E-state index contributed by atoms with van der Waals surface area (Å²) in [5.41, 5.74) is 9.36. The molecule has 57 heavy (non-hydrogen) atoms. The van der Waals surface area contributed by atoms with Crippen molar-refractivity contribution in [1.82, 2.24) is 15.1 Å². The van der Waals surface area contributed by atoms with Crippen LogP contribution in [0.2, 0.25) is 0 Å². The van der Waals surface area contributed by atoms with Gasteiger partial charge in [-0.2, -0.15) is 0 Å². The minimum absolute atomic E-state index is 0.0493. The molecule has 0 radical (unpaired) electrons. The van der Waals surface area contributed by atoms with E-state index in [4.69, 9.17) is 4.74 Å². The van der Waals surface area contributed by atoms with E-state index in [2.05, 4.69) is 114 Å². The maximum absolute atomic E-state index is 13.2. The van der Waals surface area contributed by atoms with Gasteiger partial charge in [-0.05, 0) is 140 Å². The van der Waals surface area contributed by atoms with Gasteiger partial charge in [0, 0.05) is 61.9 Å². The van der Waals surface area contributed by atoms with Crippen molar-refractivity contribution in [2.75, 3.05) is 55.7 Å². The van der Waals surface area contributed by atoms with Crippen molar-refractivity contribution in [2.24, 2.45) is 0 Å². The van der Waals surface area contributed by atoms with Gasteiger partial charge in [-0.3, -0.25) is 14.5 Å². The Morgan fingerprint density at radius 1 is 0.842 bits per heavy atom. The molecule has 0 aliphatic carbocycles. The van der Waals surface area contributed by atoms with Gasteiger partial charge in [-0.1, -0.05) is 50.8 Å². The normalized spacial score (nSPS) is 21.2. The number of hydrogen-bond donors (Lipinski definition) is 2. The summed E-state index contributed by atoms with van der Waals surface area (Å²) in [6, 6.07) is 29.2. The molecule has 0 aromatic heterocycles. The van der Waals surface area contributed by atoms with E-state index in [1.807, 2.05) is 18.2 Å².